The highest BCUT2D eigenvalue weighted by Gasteiger charge is 2.37. The Balaban J connectivity index is 2.09. The largest absolute Gasteiger partial charge is 0.376 e. The number of likely N-dealkylation sites (N-methyl/N-ethyl adjacent to an activating group) is 1. The first-order valence-electron chi connectivity index (χ1n) is 6.25. The molecule has 1 aromatic heterocycles. The summed E-state index contributed by atoms with van der Waals surface area (Å²) in [5.74, 6) is 0.770. The zero-order valence-corrected chi connectivity index (χ0v) is 10.9. The highest BCUT2D eigenvalue weighted by Crippen LogP contribution is 2.40. The molecule has 1 saturated carbocycles. The number of ether oxygens (including phenoxy) is 1. The predicted octanol–water partition coefficient (Wildman–Crippen LogP) is 3.21. The fraction of sp³-hybridized carbons (Fsp3) is 0.692. The second-order valence-electron chi connectivity index (χ2n) is 4.31. The third-order valence-corrected chi connectivity index (χ3v) is 4.00. The van der Waals surface area contributed by atoms with Crippen LogP contribution in [0.4, 0.5) is 0 Å². The first-order chi connectivity index (χ1) is 7.86. The van der Waals surface area contributed by atoms with Crippen molar-refractivity contribution in [2.45, 2.75) is 38.8 Å². The molecular formula is C13H21NOS. The molecule has 2 atom stereocenters. The molecule has 0 radical (unpaired) electrons. The van der Waals surface area contributed by atoms with E-state index in [1.54, 1.807) is 0 Å². The predicted molar refractivity (Wildman–Crippen MR) is 68.9 cm³/mol. The van der Waals surface area contributed by atoms with Gasteiger partial charge in [-0.3, -0.25) is 0 Å². The lowest BCUT2D eigenvalue weighted by Crippen LogP contribution is -2.34. The Hall–Kier alpha value is -0.380. The maximum Gasteiger partial charge on any atom is 0.0805 e. The molecule has 0 bridgehead atoms. The third-order valence-electron chi connectivity index (χ3n) is 3.05. The smallest absolute Gasteiger partial charge is 0.0805 e. The molecule has 0 aliphatic heterocycles. The van der Waals surface area contributed by atoms with Crippen molar-refractivity contribution in [1.82, 2.24) is 5.32 Å². The molecule has 2 nitrogen and oxygen atoms in total. The number of hydrogen-bond acceptors (Lipinski definition) is 3. The van der Waals surface area contributed by atoms with Gasteiger partial charge in [-0.2, -0.15) is 0 Å². The first-order valence-corrected chi connectivity index (χ1v) is 7.13. The quantitative estimate of drug-likeness (QED) is 0.789. The van der Waals surface area contributed by atoms with E-state index in [1.165, 1.54) is 17.7 Å². The van der Waals surface area contributed by atoms with E-state index < -0.39 is 0 Å². The van der Waals surface area contributed by atoms with Gasteiger partial charge in [0, 0.05) is 11.5 Å². The van der Waals surface area contributed by atoms with Gasteiger partial charge in [0.05, 0.1) is 12.1 Å². The standard InChI is InChI=1S/C13H21NOS/c1-3-14-12(11-6-5-9-16-11)13(15-4-2)10-7-8-10/h5-6,9-10,12-14H,3-4,7-8H2,1-2H3. The molecule has 90 valence electrons. The Labute approximate surface area is 102 Å². The van der Waals surface area contributed by atoms with Gasteiger partial charge in [0.1, 0.15) is 0 Å². The minimum Gasteiger partial charge on any atom is -0.376 e. The molecule has 0 saturated heterocycles. The van der Waals surface area contributed by atoms with E-state index in [0.29, 0.717) is 12.1 Å². The minimum atomic E-state index is 0.364. The van der Waals surface area contributed by atoms with Crippen molar-refractivity contribution in [3.8, 4) is 0 Å². The maximum atomic E-state index is 5.95. The lowest BCUT2D eigenvalue weighted by atomic mass is 10.0. The summed E-state index contributed by atoms with van der Waals surface area (Å²) in [6.07, 6.45) is 3.03. The van der Waals surface area contributed by atoms with Gasteiger partial charge in [-0.1, -0.05) is 13.0 Å². The summed E-state index contributed by atoms with van der Waals surface area (Å²) < 4.78 is 5.95. The highest BCUT2D eigenvalue weighted by atomic mass is 32.1. The van der Waals surface area contributed by atoms with Gasteiger partial charge in [-0.25, -0.2) is 0 Å². The van der Waals surface area contributed by atoms with Crippen molar-refractivity contribution >= 4 is 11.3 Å². The SMILES string of the molecule is CCNC(c1cccs1)C(OCC)C1CC1. The van der Waals surface area contributed by atoms with E-state index in [0.717, 1.165) is 19.1 Å². The molecule has 1 aromatic rings. The van der Waals surface area contributed by atoms with Gasteiger partial charge in [0.25, 0.3) is 0 Å². The molecule has 0 amide bonds. The number of nitrogens with one attached hydrogen (secondary N) is 1. The van der Waals surface area contributed by atoms with Crippen LogP contribution in [-0.4, -0.2) is 19.3 Å². The Morgan fingerprint density at radius 3 is 2.81 bits per heavy atom. The van der Waals surface area contributed by atoms with E-state index in [9.17, 15) is 0 Å². The molecule has 1 aliphatic carbocycles. The summed E-state index contributed by atoms with van der Waals surface area (Å²) >= 11 is 1.83. The molecule has 1 heterocycles. The highest BCUT2D eigenvalue weighted by molar-refractivity contribution is 7.10. The van der Waals surface area contributed by atoms with Gasteiger partial charge in [0.2, 0.25) is 0 Å². The summed E-state index contributed by atoms with van der Waals surface area (Å²) in [6.45, 7) is 6.07. The van der Waals surface area contributed by atoms with Crippen LogP contribution in [0.15, 0.2) is 17.5 Å². The van der Waals surface area contributed by atoms with E-state index in [4.69, 9.17) is 4.74 Å². The average molecular weight is 239 g/mol. The van der Waals surface area contributed by atoms with E-state index in [-0.39, 0.29) is 0 Å². The van der Waals surface area contributed by atoms with Gasteiger partial charge in [-0.15, -0.1) is 11.3 Å². The van der Waals surface area contributed by atoms with Crippen LogP contribution in [-0.2, 0) is 4.74 Å². The third kappa shape index (κ3) is 2.84. The van der Waals surface area contributed by atoms with Crippen LogP contribution in [0.2, 0.25) is 0 Å². The summed E-state index contributed by atoms with van der Waals surface area (Å²) in [7, 11) is 0. The van der Waals surface area contributed by atoms with Crippen LogP contribution in [0.3, 0.4) is 0 Å². The number of thiophene rings is 1. The van der Waals surface area contributed by atoms with Crippen molar-refractivity contribution in [2.24, 2.45) is 5.92 Å². The number of rotatable bonds is 7. The Kier molecular flexibility index (Phi) is 4.38. The summed E-state index contributed by atoms with van der Waals surface area (Å²) in [6, 6.07) is 4.73. The van der Waals surface area contributed by atoms with E-state index >= 15 is 0 Å². The number of hydrogen-bond donors (Lipinski definition) is 1. The maximum absolute atomic E-state index is 5.95. The van der Waals surface area contributed by atoms with Crippen molar-refractivity contribution < 1.29 is 4.74 Å². The zero-order valence-electron chi connectivity index (χ0n) is 10.1. The summed E-state index contributed by atoms with van der Waals surface area (Å²) in [5.41, 5.74) is 0. The lowest BCUT2D eigenvalue weighted by Gasteiger charge is -2.27. The molecule has 3 heteroatoms. The molecule has 0 spiro atoms. The Morgan fingerprint density at radius 1 is 1.50 bits per heavy atom. The van der Waals surface area contributed by atoms with Crippen LogP contribution < -0.4 is 5.32 Å². The van der Waals surface area contributed by atoms with Crippen LogP contribution >= 0.6 is 11.3 Å². The zero-order chi connectivity index (χ0) is 11.4. The molecule has 1 N–H and O–H groups in total. The van der Waals surface area contributed by atoms with E-state index in [2.05, 4.69) is 36.7 Å². The normalized spacial score (nSPS) is 19.6. The monoisotopic (exact) mass is 239 g/mol. The van der Waals surface area contributed by atoms with E-state index in [1.807, 2.05) is 11.3 Å². The van der Waals surface area contributed by atoms with Gasteiger partial charge in [-0.05, 0) is 43.7 Å². The fourth-order valence-electron chi connectivity index (χ4n) is 2.19. The van der Waals surface area contributed by atoms with Gasteiger partial charge in [0.15, 0.2) is 0 Å². The van der Waals surface area contributed by atoms with Crippen LogP contribution in [0.1, 0.15) is 37.6 Å². The second kappa shape index (κ2) is 5.80. The molecular weight excluding hydrogens is 218 g/mol. The van der Waals surface area contributed by atoms with Gasteiger partial charge >= 0.3 is 0 Å². The molecule has 1 aliphatic rings. The molecule has 16 heavy (non-hydrogen) atoms. The van der Waals surface area contributed by atoms with Crippen LogP contribution in [0.5, 0.6) is 0 Å². The minimum absolute atomic E-state index is 0.364. The van der Waals surface area contributed by atoms with Crippen molar-refractivity contribution in [3.63, 3.8) is 0 Å². The topological polar surface area (TPSA) is 21.3 Å². The lowest BCUT2D eigenvalue weighted by molar-refractivity contribution is 0.0198. The van der Waals surface area contributed by atoms with Crippen LogP contribution in [0, 0.1) is 5.92 Å². The van der Waals surface area contributed by atoms with Crippen molar-refractivity contribution in [2.75, 3.05) is 13.2 Å². The molecule has 2 unspecified atom stereocenters. The first kappa shape index (κ1) is 12.1. The summed E-state index contributed by atoms with van der Waals surface area (Å²) in [5, 5.41) is 5.73. The average Bonchev–Trinajstić information content (AvgIpc) is 2.99. The molecule has 0 aromatic carbocycles. The van der Waals surface area contributed by atoms with Crippen LogP contribution in [0.25, 0.3) is 0 Å². The Bertz CT molecular complexity index is 295. The Morgan fingerprint density at radius 2 is 2.31 bits per heavy atom. The fourth-order valence-corrected chi connectivity index (χ4v) is 3.02. The van der Waals surface area contributed by atoms with Gasteiger partial charge < -0.3 is 10.1 Å². The summed E-state index contributed by atoms with van der Waals surface area (Å²) in [4.78, 5) is 1.41. The molecule has 1 fully saturated rings. The second-order valence-corrected chi connectivity index (χ2v) is 5.29. The van der Waals surface area contributed by atoms with Crippen molar-refractivity contribution in [1.29, 1.82) is 0 Å². The molecule has 2 rings (SSSR count). The van der Waals surface area contributed by atoms with Crippen molar-refractivity contribution in [3.05, 3.63) is 22.4 Å².